The van der Waals surface area contributed by atoms with Crippen LogP contribution in [-0.2, 0) is 9.53 Å². The minimum atomic E-state index is -0.412. The summed E-state index contributed by atoms with van der Waals surface area (Å²) in [4.78, 5) is 12.0. The fourth-order valence-electron chi connectivity index (χ4n) is 3.11. The van der Waals surface area contributed by atoms with Gasteiger partial charge in [0.2, 0.25) is 5.91 Å². The molecule has 1 aliphatic rings. The Balaban J connectivity index is 2.41. The second-order valence-electron chi connectivity index (χ2n) is 6.35. The Morgan fingerprint density at radius 1 is 1.50 bits per heavy atom. The average Bonchev–Trinajstić information content (AvgIpc) is 2.43. The second kappa shape index (κ2) is 8.63. The van der Waals surface area contributed by atoms with Gasteiger partial charge in [-0.05, 0) is 32.1 Å². The third kappa shape index (κ3) is 5.41. The highest BCUT2D eigenvalue weighted by molar-refractivity contribution is 5.80. The fraction of sp³-hybridized carbons (Fsp3) is 0.938. The van der Waals surface area contributed by atoms with Crippen molar-refractivity contribution in [3.05, 3.63) is 0 Å². The molecule has 0 heterocycles. The Morgan fingerprint density at radius 2 is 2.25 bits per heavy atom. The predicted molar refractivity (Wildman–Crippen MR) is 82.5 cm³/mol. The van der Waals surface area contributed by atoms with Gasteiger partial charge in [0, 0.05) is 13.1 Å². The van der Waals surface area contributed by atoms with Crippen molar-refractivity contribution in [2.24, 2.45) is 11.7 Å². The van der Waals surface area contributed by atoms with Gasteiger partial charge in [-0.1, -0.05) is 39.5 Å². The number of unbranched alkanes of at least 4 members (excludes halogenated alkanes) is 2. The summed E-state index contributed by atoms with van der Waals surface area (Å²) in [5.74, 6) is 0.624. The number of rotatable bonds is 8. The molecule has 0 bridgehead atoms. The van der Waals surface area contributed by atoms with Gasteiger partial charge in [-0.15, -0.1) is 0 Å². The summed E-state index contributed by atoms with van der Waals surface area (Å²) >= 11 is 0. The van der Waals surface area contributed by atoms with Crippen molar-refractivity contribution in [2.45, 2.75) is 77.4 Å². The highest BCUT2D eigenvalue weighted by Gasteiger charge is 2.37. The molecule has 3 atom stereocenters. The van der Waals surface area contributed by atoms with Gasteiger partial charge in [-0.3, -0.25) is 4.79 Å². The third-order valence-corrected chi connectivity index (χ3v) is 4.30. The Hall–Kier alpha value is -0.610. The number of hydrogen-bond donors (Lipinski definition) is 2. The normalized spacial score (nSPS) is 28.1. The summed E-state index contributed by atoms with van der Waals surface area (Å²) < 4.78 is 6.08. The highest BCUT2D eigenvalue weighted by Crippen LogP contribution is 2.35. The Kier molecular flexibility index (Phi) is 7.52. The number of nitrogens with two attached hydrogens (primary N) is 1. The van der Waals surface area contributed by atoms with Crippen LogP contribution in [0.15, 0.2) is 0 Å². The lowest BCUT2D eigenvalue weighted by molar-refractivity contribution is -0.151. The summed E-state index contributed by atoms with van der Waals surface area (Å²) in [6.07, 6.45) is 7.26. The van der Waals surface area contributed by atoms with Crippen LogP contribution in [0.5, 0.6) is 0 Å². The maximum Gasteiger partial charge on any atom is 0.248 e. The summed E-state index contributed by atoms with van der Waals surface area (Å²) in [6.45, 7) is 7.48. The van der Waals surface area contributed by atoms with E-state index in [4.69, 9.17) is 10.5 Å². The van der Waals surface area contributed by atoms with Gasteiger partial charge in [0.05, 0.1) is 5.60 Å². The van der Waals surface area contributed by atoms with Crippen molar-refractivity contribution in [2.75, 3.05) is 13.1 Å². The van der Waals surface area contributed by atoms with Crippen LogP contribution in [0.2, 0.25) is 0 Å². The first-order chi connectivity index (χ1) is 9.53. The van der Waals surface area contributed by atoms with Crippen molar-refractivity contribution in [1.82, 2.24) is 5.32 Å². The lowest BCUT2D eigenvalue weighted by Gasteiger charge is -2.40. The Bertz CT molecular complexity index is 296. The molecule has 20 heavy (non-hydrogen) atoms. The Labute approximate surface area is 123 Å². The molecule has 1 rings (SSSR count). The lowest BCUT2D eigenvalue weighted by Crippen LogP contribution is -2.49. The molecule has 4 heteroatoms. The molecule has 0 aromatic heterocycles. The van der Waals surface area contributed by atoms with E-state index in [1.165, 1.54) is 6.42 Å². The average molecular weight is 284 g/mol. The van der Waals surface area contributed by atoms with Crippen LogP contribution in [0.3, 0.4) is 0 Å². The van der Waals surface area contributed by atoms with E-state index in [1.54, 1.807) is 0 Å². The zero-order valence-corrected chi connectivity index (χ0v) is 13.4. The van der Waals surface area contributed by atoms with Crippen molar-refractivity contribution in [1.29, 1.82) is 0 Å². The lowest BCUT2D eigenvalue weighted by atomic mass is 9.78. The van der Waals surface area contributed by atoms with Crippen LogP contribution in [0.25, 0.3) is 0 Å². The molecule has 3 unspecified atom stereocenters. The number of carbonyl (C=O) groups is 1. The van der Waals surface area contributed by atoms with Crippen LogP contribution in [-0.4, -0.2) is 30.7 Å². The fourth-order valence-corrected chi connectivity index (χ4v) is 3.11. The van der Waals surface area contributed by atoms with Crippen LogP contribution in [0, 0.1) is 5.92 Å². The molecular formula is C16H32N2O2. The zero-order chi connectivity index (χ0) is 15.0. The van der Waals surface area contributed by atoms with Gasteiger partial charge in [-0.25, -0.2) is 0 Å². The number of amides is 1. The minimum Gasteiger partial charge on any atom is -0.361 e. The number of ether oxygens (including phenoxy) is 1. The van der Waals surface area contributed by atoms with E-state index in [0.717, 1.165) is 45.1 Å². The van der Waals surface area contributed by atoms with E-state index in [0.29, 0.717) is 12.5 Å². The molecule has 0 radical (unpaired) electrons. The first kappa shape index (κ1) is 17.4. The minimum absolute atomic E-state index is 0.00726. The predicted octanol–water partition coefficient (Wildman–Crippen LogP) is 2.61. The molecule has 1 saturated carbocycles. The van der Waals surface area contributed by atoms with Crippen LogP contribution < -0.4 is 11.1 Å². The number of hydrogen-bond acceptors (Lipinski definition) is 3. The van der Waals surface area contributed by atoms with Crippen molar-refractivity contribution >= 4 is 5.91 Å². The van der Waals surface area contributed by atoms with E-state index in [2.05, 4.69) is 19.2 Å². The summed E-state index contributed by atoms with van der Waals surface area (Å²) in [7, 11) is 0. The standard InChI is InChI=1S/C16H32N2O2/c1-4-5-6-10-18-15(19)14(3)20-16(12-17)9-7-8-13(2)11-16/h13-14H,4-12,17H2,1-3H3,(H,18,19). The molecule has 4 nitrogen and oxygen atoms in total. The van der Waals surface area contributed by atoms with Crippen molar-refractivity contribution in [3.8, 4) is 0 Å². The van der Waals surface area contributed by atoms with E-state index in [1.807, 2.05) is 6.92 Å². The van der Waals surface area contributed by atoms with Gasteiger partial charge in [0.1, 0.15) is 6.10 Å². The van der Waals surface area contributed by atoms with E-state index < -0.39 is 6.10 Å². The summed E-state index contributed by atoms with van der Waals surface area (Å²) in [5.41, 5.74) is 5.64. The van der Waals surface area contributed by atoms with E-state index >= 15 is 0 Å². The topological polar surface area (TPSA) is 64.3 Å². The quantitative estimate of drug-likeness (QED) is 0.673. The molecule has 0 aromatic rings. The monoisotopic (exact) mass is 284 g/mol. The van der Waals surface area contributed by atoms with E-state index in [-0.39, 0.29) is 11.5 Å². The molecule has 1 fully saturated rings. The Morgan fingerprint density at radius 3 is 2.85 bits per heavy atom. The summed E-state index contributed by atoms with van der Waals surface area (Å²) in [5, 5.41) is 2.95. The molecule has 118 valence electrons. The molecular weight excluding hydrogens is 252 g/mol. The van der Waals surface area contributed by atoms with Gasteiger partial charge in [-0.2, -0.15) is 0 Å². The smallest absolute Gasteiger partial charge is 0.248 e. The van der Waals surface area contributed by atoms with Gasteiger partial charge >= 0.3 is 0 Å². The van der Waals surface area contributed by atoms with Gasteiger partial charge < -0.3 is 15.8 Å². The molecule has 1 amide bonds. The molecule has 0 aliphatic heterocycles. The van der Waals surface area contributed by atoms with Gasteiger partial charge in [0.25, 0.3) is 0 Å². The molecule has 3 N–H and O–H groups in total. The molecule has 1 aliphatic carbocycles. The SMILES string of the molecule is CCCCCNC(=O)C(C)OC1(CN)CCCC(C)C1. The third-order valence-electron chi connectivity index (χ3n) is 4.30. The van der Waals surface area contributed by atoms with Crippen LogP contribution >= 0.6 is 0 Å². The number of nitrogens with one attached hydrogen (secondary N) is 1. The maximum atomic E-state index is 12.0. The maximum absolute atomic E-state index is 12.0. The highest BCUT2D eigenvalue weighted by atomic mass is 16.5. The van der Waals surface area contributed by atoms with Crippen LogP contribution in [0.4, 0.5) is 0 Å². The zero-order valence-electron chi connectivity index (χ0n) is 13.4. The largest absolute Gasteiger partial charge is 0.361 e. The summed E-state index contributed by atoms with van der Waals surface area (Å²) in [6, 6.07) is 0. The molecule has 0 aromatic carbocycles. The molecule has 0 spiro atoms. The van der Waals surface area contributed by atoms with Crippen molar-refractivity contribution < 1.29 is 9.53 Å². The van der Waals surface area contributed by atoms with Crippen molar-refractivity contribution in [3.63, 3.8) is 0 Å². The first-order valence-electron chi connectivity index (χ1n) is 8.18. The van der Waals surface area contributed by atoms with Crippen LogP contribution in [0.1, 0.15) is 65.7 Å². The second-order valence-corrected chi connectivity index (χ2v) is 6.35. The number of carbonyl (C=O) groups excluding carboxylic acids is 1. The first-order valence-corrected chi connectivity index (χ1v) is 8.18. The van der Waals surface area contributed by atoms with Gasteiger partial charge in [0.15, 0.2) is 0 Å². The molecule has 0 saturated heterocycles. The van der Waals surface area contributed by atoms with E-state index in [9.17, 15) is 4.79 Å².